The van der Waals surface area contributed by atoms with Gasteiger partial charge in [-0.2, -0.15) is 4.98 Å². The molecule has 26 heavy (non-hydrogen) atoms. The Morgan fingerprint density at radius 3 is 2.73 bits per heavy atom. The van der Waals surface area contributed by atoms with Crippen molar-refractivity contribution < 1.29 is 4.79 Å². The van der Waals surface area contributed by atoms with E-state index in [1.165, 1.54) is 5.56 Å². The van der Waals surface area contributed by atoms with Crippen LogP contribution in [0.3, 0.4) is 0 Å². The molecular weight excluding hydrogens is 328 g/mol. The highest BCUT2D eigenvalue weighted by Crippen LogP contribution is 2.26. The summed E-state index contributed by atoms with van der Waals surface area (Å²) in [6.07, 6.45) is 6.46. The van der Waals surface area contributed by atoms with E-state index in [1.807, 2.05) is 48.4 Å². The number of amides is 1. The Morgan fingerprint density at radius 1 is 1.27 bits per heavy atom. The number of rotatable bonds is 6. The van der Waals surface area contributed by atoms with Gasteiger partial charge in [-0.25, -0.2) is 4.98 Å². The highest BCUT2D eigenvalue weighted by Gasteiger charge is 2.24. The van der Waals surface area contributed by atoms with Gasteiger partial charge in [-0.1, -0.05) is 0 Å². The van der Waals surface area contributed by atoms with E-state index < -0.39 is 0 Å². The van der Waals surface area contributed by atoms with Crippen LogP contribution in [-0.2, 0) is 24.2 Å². The number of anilines is 2. The quantitative estimate of drug-likeness (QED) is 0.799. The van der Waals surface area contributed by atoms with Crippen LogP contribution in [0.15, 0.2) is 24.5 Å². The first-order chi connectivity index (χ1) is 12.5. The number of aryl methyl sites for hydroxylation is 1. The van der Waals surface area contributed by atoms with Gasteiger partial charge in [0.15, 0.2) is 0 Å². The number of hydrogen-bond donors (Lipinski definition) is 1. The number of carbonyl (C=O) groups is 1. The summed E-state index contributed by atoms with van der Waals surface area (Å²) in [5.74, 6) is 1.66. The molecule has 0 bridgehead atoms. The first kappa shape index (κ1) is 18.1. The predicted molar refractivity (Wildman–Crippen MR) is 102 cm³/mol. The number of nitrogens with zero attached hydrogens (tertiary/aromatic N) is 5. The van der Waals surface area contributed by atoms with Crippen molar-refractivity contribution in [2.75, 3.05) is 37.4 Å². The van der Waals surface area contributed by atoms with Crippen molar-refractivity contribution in [3.05, 3.63) is 41.3 Å². The Morgan fingerprint density at radius 2 is 2.04 bits per heavy atom. The molecule has 2 aromatic rings. The van der Waals surface area contributed by atoms with Crippen LogP contribution in [-0.4, -0.2) is 52.9 Å². The summed E-state index contributed by atoms with van der Waals surface area (Å²) < 4.78 is 0. The number of nitrogens with one attached hydrogen (secondary N) is 1. The Labute approximate surface area is 154 Å². The largest absolute Gasteiger partial charge is 0.370 e. The Kier molecular flexibility index (Phi) is 5.65. The minimum absolute atomic E-state index is 0.0903. The molecule has 0 atom stereocenters. The number of hydrogen-bond acceptors (Lipinski definition) is 6. The number of fused-ring (bicyclic) bond motifs is 1. The van der Waals surface area contributed by atoms with Crippen molar-refractivity contribution in [1.82, 2.24) is 19.9 Å². The third-order valence-electron chi connectivity index (χ3n) is 4.58. The monoisotopic (exact) mass is 354 g/mol. The maximum Gasteiger partial charge on any atom is 0.227 e. The molecule has 7 heteroatoms. The minimum Gasteiger partial charge on any atom is -0.370 e. The summed E-state index contributed by atoms with van der Waals surface area (Å²) in [7, 11) is 3.86. The zero-order chi connectivity index (χ0) is 18.5. The van der Waals surface area contributed by atoms with E-state index in [2.05, 4.69) is 15.3 Å². The lowest BCUT2D eigenvalue weighted by Gasteiger charge is -2.29. The van der Waals surface area contributed by atoms with Crippen LogP contribution in [0.25, 0.3) is 0 Å². The smallest absolute Gasteiger partial charge is 0.227 e. The van der Waals surface area contributed by atoms with Crippen molar-refractivity contribution >= 4 is 17.7 Å². The average Bonchev–Trinajstić information content (AvgIpc) is 2.65. The van der Waals surface area contributed by atoms with Crippen LogP contribution in [0.2, 0.25) is 0 Å². The van der Waals surface area contributed by atoms with E-state index in [0.717, 1.165) is 49.4 Å². The van der Waals surface area contributed by atoms with Crippen LogP contribution in [0.5, 0.6) is 0 Å². The maximum atomic E-state index is 11.7. The molecule has 2 aromatic heterocycles. The van der Waals surface area contributed by atoms with Crippen molar-refractivity contribution in [2.24, 2.45) is 0 Å². The zero-order valence-electron chi connectivity index (χ0n) is 15.7. The van der Waals surface area contributed by atoms with Gasteiger partial charge in [-0.15, -0.1) is 0 Å². The molecule has 1 aliphatic rings. The third-order valence-corrected chi connectivity index (χ3v) is 4.58. The van der Waals surface area contributed by atoms with Gasteiger partial charge >= 0.3 is 0 Å². The summed E-state index contributed by atoms with van der Waals surface area (Å²) in [5, 5.41) is 3.49. The Bertz CT molecular complexity index is 762. The van der Waals surface area contributed by atoms with Gasteiger partial charge in [-0.3, -0.25) is 9.78 Å². The van der Waals surface area contributed by atoms with Gasteiger partial charge in [0, 0.05) is 52.1 Å². The Balaban J connectivity index is 1.70. The van der Waals surface area contributed by atoms with E-state index in [1.54, 1.807) is 6.92 Å². The molecular formula is C19H26N6O. The third kappa shape index (κ3) is 4.28. The minimum atomic E-state index is 0.0903. The molecule has 3 heterocycles. The molecule has 1 N–H and O–H groups in total. The Hall–Kier alpha value is -2.70. The summed E-state index contributed by atoms with van der Waals surface area (Å²) in [5.41, 5.74) is 3.37. The van der Waals surface area contributed by atoms with E-state index in [4.69, 9.17) is 4.98 Å². The standard InChI is InChI=1S/C19H26N6O/c1-14(26)25-12-8-16-17(13-25)22-19(24(2)3)23-18(16)21-9-4-5-15-6-10-20-11-7-15/h6-7,10-11H,4-5,8-9,12-13H2,1-3H3,(H,21,22,23). The lowest BCUT2D eigenvalue weighted by molar-refractivity contribution is -0.129. The van der Waals surface area contributed by atoms with Crippen LogP contribution in [0.4, 0.5) is 11.8 Å². The summed E-state index contributed by atoms with van der Waals surface area (Å²) >= 11 is 0. The topological polar surface area (TPSA) is 74.2 Å². The number of pyridine rings is 1. The fourth-order valence-electron chi connectivity index (χ4n) is 3.08. The summed E-state index contributed by atoms with van der Waals surface area (Å²) in [6.45, 7) is 3.73. The van der Waals surface area contributed by atoms with Gasteiger partial charge in [0.05, 0.1) is 12.2 Å². The lowest BCUT2D eigenvalue weighted by atomic mass is 10.1. The van der Waals surface area contributed by atoms with Crippen LogP contribution < -0.4 is 10.2 Å². The SMILES string of the molecule is CC(=O)N1CCc2c(nc(N(C)C)nc2NCCCc2ccncc2)C1. The lowest BCUT2D eigenvalue weighted by Crippen LogP contribution is -2.36. The maximum absolute atomic E-state index is 11.7. The van der Waals surface area contributed by atoms with E-state index in [-0.39, 0.29) is 5.91 Å². The van der Waals surface area contributed by atoms with Crippen LogP contribution in [0.1, 0.15) is 30.2 Å². The molecule has 1 amide bonds. The average molecular weight is 354 g/mol. The molecule has 7 nitrogen and oxygen atoms in total. The molecule has 0 unspecified atom stereocenters. The zero-order valence-corrected chi connectivity index (χ0v) is 15.7. The summed E-state index contributed by atoms with van der Waals surface area (Å²) in [4.78, 5) is 28.8. The van der Waals surface area contributed by atoms with E-state index >= 15 is 0 Å². The second-order valence-electron chi connectivity index (χ2n) is 6.77. The van der Waals surface area contributed by atoms with Crippen molar-refractivity contribution in [3.8, 4) is 0 Å². The van der Waals surface area contributed by atoms with E-state index in [0.29, 0.717) is 12.5 Å². The van der Waals surface area contributed by atoms with E-state index in [9.17, 15) is 4.79 Å². The second kappa shape index (κ2) is 8.12. The van der Waals surface area contributed by atoms with Gasteiger partial charge < -0.3 is 15.1 Å². The predicted octanol–water partition coefficient (Wildman–Crippen LogP) is 1.89. The van der Waals surface area contributed by atoms with Gasteiger partial charge in [0.25, 0.3) is 0 Å². The second-order valence-corrected chi connectivity index (χ2v) is 6.77. The first-order valence-corrected chi connectivity index (χ1v) is 9.00. The number of aromatic nitrogens is 3. The van der Waals surface area contributed by atoms with Crippen LogP contribution >= 0.6 is 0 Å². The normalized spacial score (nSPS) is 13.3. The van der Waals surface area contributed by atoms with Crippen molar-refractivity contribution in [2.45, 2.75) is 32.7 Å². The highest BCUT2D eigenvalue weighted by molar-refractivity contribution is 5.73. The molecule has 0 aliphatic carbocycles. The molecule has 0 saturated carbocycles. The molecule has 0 aromatic carbocycles. The fraction of sp³-hybridized carbons (Fsp3) is 0.474. The molecule has 0 radical (unpaired) electrons. The molecule has 3 rings (SSSR count). The molecule has 0 saturated heterocycles. The van der Waals surface area contributed by atoms with Gasteiger partial charge in [-0.05, 0) is 37.0 Å². The highest BCUT2D eigenvalue weighted by atomic mass is 16.2. The molecule has 1 aliphatic heterocycles. The molecule has 0 fully saturated rings. The van der Waals surface area contributed by atoms with Crippen LogP contribution in [0, 0.1) is 0 Å². The first-order valence-electron chi connectivity index (χ1n) is 9.00. The summed E-state index contributed by atoms with van der Waals surface area (Å²) in [6, 6.07) is 4.10. The van der Waals surface area contributed by atoms with Crippen molar-refractivity contribution in [1.29, 1.82) is 0 Å². The number of carbonyl (C=O) groups excluding carboxylic acids is 1. The molecule has 138 valence electrons. The molecule has 0 spiro atoms. The van der Waals surface area contributed by atoms with Gasteiger partial charge in [0.2, 0.25) is 11.9 Å². The fourth-order valence-corrected chi connectivity index (χ4v) is 3.08. The van der Waals surface area contributed by atoms with Crippen molar-refractivity contribution in [3.63, 3.8) is 0 Å². The van der Waals surface area contributed by atoms with Gasteiger partial charge in [0.1, 0.15) is 5.82 Å².